The number of nitrogens with zero attached hydrogens (tertiary/aromatic N) is 1. The number of carbonyl (C=O) groups excluding carboxylic acids is 2. The Balaban J connectivity index is 1.63. The average Bonchev–Trinajstić information content (AvgIpc) is 2.80. The Labute approximate surface area is 201 Å². The van der Waals surface area contributed by atoms with Gasteiger partial charge in [-0.15, -0.1) is 11.8 Å². The second kappa shape index (κ2) is 11.7. The number of hydrogen-bond acceptors (Lipinski definition) is 5. The molecule has 3 rings (SSSR count). The molecular formula is C24H28F3N3O3S. The van der Waals surface area contributed by atoms with Crippen molar-refractivity contribution >= 4 is 29.3 Å². The summed E-state index contributed by atoms with van der Waals surface area (Å²) in [6.07, 6.45) is -4.39. The van der Waals surface area contributed by atoms with E-state index in [1.807, 2.05) is 12.1 Å². The van der Waals surface area contributed by atoms with E-state index in [9.17, 15) is 22.8 Å². The molecule has 0 bridgehead atoms. The molecule has 0 saturated carbocycles. The fraction of sp³-hybridized carbons (Fsp3) is 0.417. The fourth-order valence-corrected chi connectivity index (χ4v) is 4.55. The lowest BCUT2D eigenvalue weighted by Crippen LogP contribution is -2.44. The van der Waals surface area contributed by atoms with Gasteiger partial charge in [0.2, 0.25) is 11.8 Å². The molecule has 2 N–H and O–H groups in total. The summed E-state index contributed by atoms with van der Waals surface area (Å²) in [6, 6.07) is 12.1. The standard InChI is InChI=1S/C24H28F3N3O3S/c1-16(34-21-9-7-20(8-10-21)29-17(2)31)23(32)28-15-22(30-11-13-33-14-12-30)18-3-5-19(6-4-18)24(25,26)27/h3-10,16,22H,11-15H2,1-2H3,(H,28,32)(H,29,31). The van der Waals surface area contributed by atoms with Crippen LogP contribution in [0.4, 0.5) is 18.9 Å². The third kappa shape index (κ3) is 7.48. The summed E-state index contributed by atoms with van der Waals surface area (Å²) < 4.78 is 44.3. The second-order valence-electron chi connectivity index (χ2n) is 7.99. The normalized spacial score (nSPS) is 16.5. The van der Waals surface area contributed by atoms with Crippen molar-refractivity contribution in [2.75, 3.05) is 38.2 Å². The Bertz CT molecular complexity index is 962. The van der Waals surface area contributed by atoms with Crippen molar-refractivity contribution in [3.8, 4) is 0 Å². The summed E-state index contributed by atoms with van der Waals surface area (Å²) in [4.78, 5) is 26.9. The van der Waals surface area contributed by atoms with Crippen LogP contribution in [0.15, 0.2) is 53.4 Å². The van der Waals surface area contributed by atoms with E-state index >= 15 is 0 Å². The number of morpholine rings is 1. The van der Waals surface area contributed by atoms with Crippen molar-refractivity contribution < 1.29 is 27.5 Å². The van der Waals surface area contributed by atoms with Crippen LogP contribution in [0.2, 0.25) is 0 Å². The SMILES string of the molecule is CC(=O)Nc1ccc(SC(C)C(=O)NCC(c2ccc(C(F)(F)F)cc2)N2CCOCC2)cc1. The Morgan fingerprint density at radius 3 is 2.24 bits per heavy atom. The molecule has 1 aliphatic heterocycles. The minimum absolute atomic E-state index is 0.156. The van der Waals surface area contributed by atoms with Crippen molar-refractivity contribution in [2.45, 2.75) is 36.2 Å². The van der Waals surface area contributed by atoms with E-state index in [2.05, 4.69) is 15.5 Å². The van der Waals surface area contributed by atoms with Gasteiger partial charge in [0.05, 0.1) is 30.1 Å². The third-order valence-corrected chi connectivity index (χ3v) is 6.55. The summed E-state index contributed by atoms with van der Waals surface area (Å²) >= 11 is 1.38. The van der Waals surface area contributed by atoms with Gasteiger partial charge in [-0.25, -0.2) is 0 Å². The predicted molar refractivity (Wildman–Crippen MR) is 126 cm³/mol. The van der Waals surface area contributed by atoms with Gasteiger partial charge in [0.25, 0.3) is 0 Å². The van der Waals surface area contributed by atoms with E-state index < -0.39 is 11.7 Å². The molecule has 1 saturated heterocycles. The first-order valence-electron chi connectivity index (χ1n) is 10.9. The van der Waals surface area contributed by atoms with Crippen LogP contribution in [-0.2, 0) is 20.5 Å². The van der Waals surface area contributed by atoms with Gasteiger partial charge in [0.15, 0.2) is 0 Å². The number of hydrogen-bond donors (Lipinski definition) is 2. The minimum Gasteiger partial charge on any atom is -0.379 e. The predicted octanol–water partition coefficient (Wildman–Crippen LogP) is 4.33. The van der Waals surface area contributed by atoms with Crippen molar-refractivity contribution in [1.29, 1.82) is 0 Å². The quantitative estimate of drug-likeness (QED) is 0.534. The van der Waals surface area contributed by atoms with Gasteiger partial charge >= 0.3 is 6.18 Å². The summed E-state index contributed by atoms with van der Waals surface area (Å²) in [5, 5.41) is 5.27. The first-order valence-corrected chi connectivity index (χ1v) is 11.8. The van der Waals surface area contributed by atoms with E-state index in [0.29, 0.717) is 37.6 Å². The number of amides is 2. The van der Waals surface area contributed by atoms with E-state index in [4.69, 9.17) is 4.74 Å². The van der Waals surface area contributed by atoms with Crippen molar-refractivity contribution in [2.24, 2.45) is 0 Å². The Morgan fingerprint density at radius 2 is 1.68 bits per heavy atom. The number of rotatable bonds is 8. The Morgan fingerprint density at radius 1 is 1.06 bits per heavy atom. The smallest absolute Gasteiger partial charge is 0.379 e. The van der Waals surface area contributed by atoms with Crippen LogP contribution in [0, 0.1) is 0 Å². The maximum atomic E-state index is 13.0. The molecule has 2 atom stereocenters. The zero-order valence-electron chi connectivity index (χ0n) is 19.0. The summed E-state index contributed by atoms with van der Waals surface area (Å²) in [7, 11) is 0. The molecule has 0 aliphatic carbocycles. The average molecular weight is 496 g/mol. The maximum Gasteiger partial charge on any atom is 0.416 e. The molecule has 2 unspecified atom stereocenters. The van der Waals surface area contributed by atoms with Gasteiger partial charge < -0.3 is 15.4 Å². The largest absolute Gasteiger partial charge is 0.416 e. The highest BCUT2D eigenvalue weighted by Gasteiger charge is 2.31. The zero-order valence-corrected chi connectivity index (χ0v) is 19.8. The van der Waals surface area contributed by atoms with E-state index in [1.54, 1.807) is 19.1 Å². The molecule has 2 aromatic rings. The van der Waals surface area contributed by atoms with Crippen LogP contribution in [-0.4, -0.2) is 54.8 Å². The third-order valence-electron chi connectivity index (χ3n) is 5.44. The number of benzene rings is 2. The molecule has 1 heterocycles. The van der Waals surface area contributed by atoms with Gasteiger partial charge in [-0.2, -0.15) is 13.2 Å². The number of halogens is 3. The summed E-state index contributed by atoms with van der Waals surface area (Å²) in [6.45, 7) is 5.83. The fourth-order valence-electron chi connectivity index (χ4n) is 3.66. The highest BCUT2D eigenvalue weighted by molar-refractivity contribution is 8.00. The summed E-state index contributed by atoms with van der Waals surface area (Å²) in [5.74, 6) is -0.322. The van der Waals surface area contributed by atoms with Crippen molar-refractivity contribution in [1.82, 2.24) is 10.2 Å². The maximum absolute atomic E-state index is 13.0. The molecule has 0 aromatic heterocycles. The van der Waals surface area contributed by atoms with Crippen molar-refractivity contribution in [3.05, 3.63) is 59.7 Å². The molecule has 2 aromatic carbocycles. The second-order valence-corrected chi connectivity index (χ2v) is 9.41. The van der Waals surface area contributed by atoms with Gasteiger partial charge in [-0.3, -0.25) is 14.5 Å². The number of alkyl halides is 3. The Hall–Kier alpha value is -2.56. The lowest BCUT2D eigenvalue weighted by molar-refractivity contribution is -0.137. The monoisotopic (exact) mass is 495 g/mol. The van der Waals surface area contributed by atoms with Crippen LogP contribution in [0.3, 0.4) is 0 Å². The van der Waals surface area contributed by atoms with E-state index in [-0.39, 0.29) is 29.7 Å². The lowest BCUT2D eigenvalue weighted by Gasteiger charge is -2.35. The highest BCUT2D eigenvalue weighted by Crippen LogP contribution is 2.31. The first-order chi connectivity index (χ1) is 16.1. The van der Waals surface area contributed by atoms with Crippen molar-refractivity contribution in [3.63, 3.8) is 0 Å². The molecule has 0 radical (unpaired) electrons. The van der Waals surface area contributed by atoms with Crippen LogP contribution < -0.4 is 10.6 Å². The van der Waals surface area contributed by atoms with Gasteiger partial charge in [-0.1, -0.05) is 12.1 Å². The highest BCUT2D eigenvalue weighted by atomic mass is 32.2. The van der Waals surface area contributed by atoms with E-state index in [1.165, 1.54) is 30.8 Å². The number of carbonyl (C=O) groups is 2. The molecule has 1 fully saturated rings. The molecule has 10 heteroatoms. The van der Waals surface area contributed by atoms with Gasteiger partial charge in [0.1, 0.15) is 0 Å². The number of anilines is 1. The number of ether oxygens (including phenoxy) is 1. The number of nitrogens with one attached hydrogen (secondary N) is 2. The van der Waals surface area contributed by atoms with Gasteiger partial charge in [0, 0.05) is 37.1 Å². The Kier molecular flexibility index (Phi) is 8.98. The molecule has 184 valence electrons. The topological polar surface area (TPSA) is 70.7 Å². The van der Waals surface area contributed by atoms with Crippen LogP contribution >= 0.6 is 11.8 Å². The van der Waals surface area contributed by atoms with Crippen LogP contribution in [0.5, 0.6) is 0 Å². The molecule has 1 aliphatic rings. The molecular weight excluding hydrogens is 467 g/mol. The van der Waals surface area contributed by atoms with Crippen LogP contribution in [0.1, 0.15) is 31.0 Å². The molecule has 0 spiro atoms. The minimum atomic E-state index is -4.39. The molecule has 6 nitrogen and oxygen atoms in total. The number of thioether (sulfide) groups is 1. The lowest BCUT2D eigenvalue weighted by atomic mass is 10.0. The summed E-state index contributed by atoms with van der Waals surface area (Å²) in [5.41, 5.74) is 0.693. The first kappa shape index (κ1) is 26.1. The zero-order chi connectivity index (χ0) is 24.7. The van der Waals surface area contributed by atoms with Crippen LogP contribution in [0.25, 0.3) is 0 Å². The van der Waals surface area contributed by atoms with Gasteiger partial charge in [-0.05, 0) is 48.9 Å². The molecule has 34 heavy (non-hydrogen) atoms. The molecule has 2 amide bonds. The van der Waals surface area contributed by atoms with E-state index in [0.717, 1.165) is 17.0 Å².